The van der Waals surface area contributed by atoms with Gasteiger partial charge in [-0.25, -0.2) is 0 Å². The number of amidine groups is 1. The van der Waals surface area contributed by atoms with Crippen molar-refractivity contribution in [1.82, 2.24) is 10.3 Å². The Balaban J connectivity index is 2.74. The van der Waals surface area contributed by atoms with Crippen molar-refractivity contribution >= 4 is 40.2 Å². The molecule has 0 aromatic carbocycles. The minimum atomic E-state index is 0.0225. The molecule has 0 saturated carbocycles. The molecule has 2 N–H and O–H groups in total. The molecule has 0 aliphatic carbocycles. The fourth-order valence-electron chi connectivity index (χ4n) is 1.12. The number of hydrogen-bond acceptors (Lipinski definition) is 5. The number of hydrazone groups is 1. The second kappa shape index (κ2) is 6.45. The number of carbonyl (C=O) groups is 1. The minimum absolute atomic E-state index is 0.0225. The van der Waals surface area contributed by atoms with Crippen LogP contribution in [0.4, 0.5) is 0 Å². The largest absolute Gasteiger partial charge is 0.389 e. The van der Waals surface area contributed by atoms with Gasteiger partial charge in [-0.3, -0.25) is 9.69 Å². The van der Waals surface area contributed by atoms with E-state index >= 15 is 0 Å². The summed E-state index contributed by atoms with van der Waals surface area (Å²) < 4.78 is 0.993. The molecule has 0 unspecified atom stereocenters. The van der Waals surface area contributed by atoms with E-state index in [0.29, 0.717) is 23.9 Å². The number of thiocarbonyl (C=S) groups is 1. The quantitative estimate of drug-likeness (QED) is 0.264. The predicted molar refractivity (Wildman–Crippen MR) is 71.1 cm³/mol. The number of rotatable bonds is 3. The summed E-state index contributed by atoms with van der Waals surface area (Å²) >= 11 is 6.34. The third-order valence-corrected chi connectivity index (χ3v) is 3.29. The third-order valence-electron chi connectivity index (χ3n) is 1.94. The molecule has 1 aliphatic heterocycles. The van der Waals surface area contributed by atoms with Gasteiger partial charge in [-0.1, -0.05) is 22.9 Å². The SMILES string of the molecule is C=CCN1C(=O)CCSC1=NNC(=S)[N+](C)=N. The number of carbonyl (C=O) groups excluding carboxylic acids is 1. The van der Waals surface area contributed by atoms with Gasteiger partial charge >= 0.3 is 5.11 Å². The van der Waals surface area contributed by atoms with Crippen LogP contribution in [-0.4, -0.2) is 45.1 Å². The van der Waals surface area contributed by atoms with Crippen molar-refractivity contribution in [2.24, 2.45) is 5.10 Å². The van der Waals surface area contributed by atoms with Crippen LogP contribution in [0.5, 0.6) is 0 Å². The molecule has 92 valence electrons. The number of nitrogens with one attached hydrogen (secondary N) is 2. The van der Waals surface area contributed by atoms with Crippen molar-refractivity contribution in [2.75, 3.05) is 19.3 Å². The van der Waals surface area contributed by atoms with Gasteiger partial charge in [-0.15, -0.1) is 22.2 Å². The summed E-state index contributed by atoms with van der Waals surface area (Å²) in [6.45, 7) is 4.03. The molecule has 1 saturated heterocycles. The Kier molecular flexibility index (Phi) is 5.23. The van der Waals surface area contributed by atoms with Gasteiger partial charge in [0.15, 0.2) is 0 Å². The predicted octanol–water partition coefficient (Wildman–Crippen LogP) is 0.957. The molecule has 0 atom stereocenters. The van der Waals surface area contributed by atoms with Crippen LogP contribution in [0.1, 0.15) is 6.42 Å². The molecular formula is C9H14N5OS2+. The molecule has 8 heteroatoms. The fraction of sp³-hybridized carbons (Fsp3) is 0.444. The first-order chi connectivity index (χ1) is 8.06. The Morgan fingerprint density at radius 1 is 1.88 bits per heavy atom. The smallest absolute Gasteiger partial charge is 0.284 e. The van der Waals surface area contributed by atoms with Crippen LogP contribution in [0.3, 0.4) is 0 Å². The molecule has 1 heterocycles. The van der Waals surface area contributed by atoms with Crippen LogP contribution in [0.2, 0.25) is 0 Å². The lowest BCUT2D eigenvalue weighted by Gasteiger charge is -2.25. The molecule has 0 aromatic heterocycles. The van der Waals surface area contributed by atoms with Gasteiger partial charge in [0.05, 0.1) is 0 Å². The maximum Gasteiger partial charge on any atom is 0.389 e. The summed E-state index contributed by atoms with van der Waals surface area (Å²) in [4.78, 5) is 13.2. The zero-order chi connectivity index (χ0) is 12.8. The van der Waals surface area contributed by atoms with Gasteiger partial charge in [-0.05, 0) is 0 Å². The highest BCUT2D eigenvalue weighted by Crippen LogP contribution is 2.18. The molecule has 1 rings (SSSR count). The Hall–Kier alpha value is -1.28. The molecule has 0 spiro atoms. The van der Waals surface area contributed by atoms with Gasteiger partial charge in [-0.2, -0.15) is 0 Å². The van der Waals surface area contributed by atoms with E-state index in [-0.39, 0.29) is 11.0 Å². The standard InChI is InChI=1S/C9H13N5OS2/c1-3-5-14-7(15)4-6-17-9(14)12-11-8(16)13(2)10/h3,10H,1,4-6H2,2H3/p+1. The first-order valence-corrected chi connectivity index (χ1v) is 6.32. The summed E-state index contributed by atoms with van der Waals surface area (Å²) in [6.07, 6.45) is 2.15. The molecule has 6 nitrogen and oxygen atoms in total. The van der Waals surface area contributed by atoms with Crippen LogP contribution in [0, 0.1) is 5.53 Å². The van der Waals surface area contributed by atoms with Gasteiger partial charge in [0.25, 0.3) is 0 Å². The van der Waals surface area contributed by atoms with Crippen LogP contribution in [-0.2, 0) is 4.79 Å². The maximum atomic E-state index is 11.6. The van der Waals surface area contributed by atoms with Crippen LogP contribution in [0.25, 0.3) is 0 Å². The second-order valence-corrected chi connectivity index (χ2v) is 4.71. The van der Waals surface area contributed by atoms with E-state index < -0.39 is 0 Å². The zero-order valence-corrected chi connectivity index (χ0v) is 11.1. The lowest BCUT2D eigenvalue weighted by Crippen LogP contribution is -2.40. The van der Waals surface area contributed by atoms with E-state index in [1.807, 2.05) is 0 Å². The lowest BCUT2D eigenvalue weighted by molar-refractivity contribution is -0.474. The van der Waals surface area contributed by atoms with E-state index in [4.69, 9.17) is 17.7 Å². The summed E-state index contributed by atoms with van der Waals surface area (Å²) in [5.74, 6) is 0.727. The van der Waals surface area contributed by atoms with Gasteiger partial charge in [0, 0.05) is 30.9 Å². The number of thioether (sulfide) groups is 1. The van der Waals surface area contributed by atoms with Gasteiger partial charge < -0.3 is 0 Å². The zero-order valence-electron chi connectivity index (χ0n) is 9.47. The number of nitrogens with zero attached hydrogens (tertiary/aromatic N) is 3. The van der Waals surface area contributed by atoms with Crippen LogP contribution >= 0.6 is 24.0 Å². The summed E-state index contributed by atoms with van der Waals surface area (Å²) in [7, 11) is 1.50. The molecule has 1 amide bonds. The number of hydrogen-bond donors (Lipinski definition) is 2. The van der Waals surface area contributed by atoms with Crippen LogP contribution < -0.4 is 5.43 Å². The Labute approximate surface area is 109 Å². The number of amides is 1. The molecular weight excluding hydrogens is 258 g/mol. The van der Waals surface area contributed by atoms with E-state index in [2.05, 4.69) is 17.1 Å². The Morgan fingerprint density at radius 2 is 2.59 bits per heavy atom. The second-order valence-electron chi connectivity index (χ2n) is 3.26. The molecule has 1 aliphatic rings. The highest BCUT2D eigenvalue weighted by molar-refractivity contribution is 8.13. The van der Waals surface area contributed by atoms with Gasteiger partial charge in [0.1, 0.15) is 7.05 Å². The summed E-state index contributed by atoms with van der Waals surface area (Å²) in [6, 6.07) is 0. The molecule has 0 bridgehead atoms. The highest BCUT2D eigenvalue weighted by atomic mass is 32.2. The third kappa shape index (κ3) is 3.90. The monoisotopic (exact) mass is 272 g/mol. The normalized spacial score (nSPS) is 18.1. The van der Waals surface area contributed by atoms with Crippen molar-refractivity contribution in [3.05, 3.63) is 12.7 Å². The van der Waals surface area contributed by atoms with E-state index in [0.717, 1.165) is 4.70 Å². The molecule has 1 fully saturated rings. The van der Waals surface area contributed by atoms with Crippen molar-refractivity contribution in [3.8, 4) is 0 Å². The van der Waals surface area contributed by atoms with E-state index in [9.17, 15) is 4.79 Å². The van der Waals surface area contributed by atoms with Crippen molar-refractivity contribution < 1.29 is 9.49 Å². The Bertz CT molecular complexity index is 393. The van der Waals surface area contributed by atoms with Gasteiger partial charge in [0.2, 0.25) is 11.1 Å². The van der Waals surface area contributed by atoms with Crippen molar-refractivity contribution in [1.29, 1.82) is 5.53 Å². The Morgan fingerprint density at radius 3 is 3.18 bits per heavy atom. The lowest BCUT2D eigenvalue weighted by atomic mass is 10.4. The van der Waals surface area contributed by atoms with Crippen LogP contribution in [0.15, 0.2) is 17.8 Å². The van der Waals surface area contributed by atoms with E-state index in [1.54, 1.807) is 11.0 Å². The highest BCUT2D eigenvalue weighted by Gasteiger charge is 2.25. The molecule has 17 heavy (non-hydrogen) atoms. The fourth-order valence-corrected chi connectivity index (χ4v) is 2.07. The summed E-state index contributed by atoms with van der Waals surface area (Å²) in [5, 5.41) is 4.78. The first-order valence-electron chi connectivity index (χ1n) is 4.93. The average Bonchev–Trinajstić information content (AvgIpc) is 2.29. The maximum absolute atomic E-state index is 11.6. The topological polar surface area (TPSA) is 71.6 Å². The molecule has 0 radical (unpaired) electrons. The minimum Gasteiger partial charge on any atom is -0.284 e. The first kappa shape index (κ1) is 13.8. The molecule has 0 aromatic rings. The van der Waals surface area contributed by atoms with Crippen molar-refractivity contribution in [3.63, 3.8) is 0 Å². The van der Waals surface area contributed by atoms with E-state index in [1.165, 1.54) is 18.8 Å². The average molecular weight is 272 g/mol. The summed E-state index contributed by atoms with van der Waals surface area (Å²) in [5.41, 5.74) is 9.80. The van der Waals surface area contributed by atoms with Crippen molar-refractivity contribution in [2.45, 2.75) is 6.42 Å².